The number of carbonyl (C=O) groups excluding carboxylic acids is 2. The summed E-state index contributed by atoms with van der Waals surface area (Å²) in [6.07, 6.45) is -1.63. The maximum absolute atomic E-state index is 12.4. The van der Waals surface area contributed by atoms with Crippen molar-refractivity contribution in [1.82, 2.24) is 0 Å². The van der Waals surface area contributed by atoms with Crippen molar-refractivity contribution in [2.45, 2.75) is 44.9 Å². The first-order valence-electron chi connectivity index (χ1n) is 15.7. The van der Waals surface area contributed by atoms with Crippen molar-refractivity contribution in [3.05, 3.63) is 95.1 Å². The SMILES string of the molecule is Cc1ccc2cc(COOCCOOCO[C@@H]3CO[C@H]4[C@@H]3OC[C@H]4OCOC(=O)COC(=O)c3ccc4cc(C)ccc4c3)ccc2c1. The summed E-state index contributed by atoms with van der Waals surface area (Å²) < 4.78 is 33.1. The second kappa shape index (κ2) is 16.4. The van der Waals surface area contributed by atoms with E-state index in [-0.39, 0.29) is 46.1 Å². The van der Waals surface area contributed by atoms with E-state index in [0.717, 1.165) is 27.3 Å². The first-order valence-corrected chi connectivity index (χ1v) is 15.7. The number of hydrogen-bond acceptors (Lipinski definition) is 12. The van der Waals surface area contributed by atoms with Gasteiger partial charge in [-0.2, -0.15) is 0 Å². The predicted molar refractivity (Wildman–Crippen MR) is 170 cm³/mol. The fraction of sp³-hybridized carbons (Fsp3) is 0.389. The van der Waals surface area contributed by atoms with Crippen molar-refractivity contribution in [3.63, 3.8) is 0 Å². The Balaban J connectivity index is 0.796. The second-order valence-electron chi connectivity index (χ2n) is 11.6. The monoisotopic (exact) mass is 662 g/mol. The summed E-state index contributed by atoms with van der Waals surface area (Å²) in [5.74, 6) is -1.36. The summed E-state index contributed by atoms with van der Waals surface area (Å²) in [7, 11) is 0. The molecule has 4 aromatic carbocycles. The van der Waals surface area contributed by atoms with Crippen LogP contribution in [0, 0.1) is 13.8 Å². The van der Waals surface area contributed by atoms with Crippen LogP contribution < -0.4 is 0 Å². The lowest BCUT2D eigenvalue weighted by Crippen LogP contribution is -2.35. The summed E-state index contributed by atoms with van der Waals surface area (Å²) in [4.78, 5) is 45.2. The number of carbonyl (C=O) groups is 2. The largest absolute Gasteiger partial charge is 0.450 e. The van der Waals surface area contributed by atoms with Gasteiger partial charge < -0.3 is 28.4 Å². The number of benzene rings is 4. The number of fused-ring (bicyclic) bond motifs is 3. The topological polar surface area (TPSA) is 126 Å². The molecule has 0 aromatic heterocycles. The van der Waals surface area contributed by atoms with Crippen molar-refractivity contribution in [1.29, 1.82) is 0 Å². The molecule has 4 aromatic rings. The van der Waals surface area contributed by atoms with Crippen LogP contribution in [0.25, 0.3) is 21.5 Å². The van der Waals surface area contributed by atoms with E-state index in [2.05, 4.69) is 37.3 Å². The third-order valence-corrected chi connectivity index (χ3v) is 8.05. The van der Waals surface area contributed by atoms with Crippen LogP contribution in [0.1, 0.15) is 27.0 Å². The van der Waals surface area contributed by atoms with E-state index in [4.69, 9.17) is 48.0 Å². The fourth-order valence-electron chi connectivity index (χ4n) is 5.59. The molecule has 254 valence electrons. The van der Waals surface area contributed by atoms with E-state index < -0.39 is 36.9 Å². The summed E-state index contributed by atoms with van der Waals surface area (Å²) in [5, 5.41) is 4.25. The molecule has 2 heterocycles. The van der Waals surface area contributed by atoms with Crippen LogP contribution in [-0.2, 0) is 59.4 Å². The molecule has 0 saturated carbocycles. The van der Waals surface area contributed by atoms with E-state index in [0.29, 0.717) is 12.2 Å². The van der Waals surface area contributed by atoms with Gasteiger partial charge in [-0.15, -0.1) is 0 Å². The average Bonchev–Trinajstić information content (AvgIpc) is 3.69. The Bertz CT molecular complexity index is 1710. The molecule has 6 rings (SSSR count). The van der Waals surface area contributed by atoms with Gasteiger partial charge in [0.25, 0.3) is 0 Å². The van der Waals surface area contributed by atoms with Gasteiger partial charge in [0.15, 0.2) is 20.2 Å². The molecule has 12 heteroatoms. The number of hydrogen-bond donors (Lipinski definition) is 0. The van der Waals surface area contributed by atoms with E-state index in [9.17, 15) is 9.59 Å². The van der Waals surface area contributed by atoms with Crippen LogP contribution in [0.4, 0.5) is 0 Å². The Morgan fingerprint density at radius 3 is 1.94 bits per heavy atom. The molecule has 0 spiro atoms. The highest BCUT2D eigenvalue weighted by Crippen LogP contribution is 2.30. The van der Waals surface area contributed by atoms with Gasteiger partial charge in [-0.05, 0) is 59.2 Å². The highest BCUT2D eigenvalue weighted by molar-refractivity contribution is 5.96. The summed E-state index contributed by atoms with van der Waals surface area (Å²) in [5.41, 5.74) is 3.69. The molecule has 0 N–H and O–H groups in total. The molecule has 0 unspecified atom stereocenters. The average molecular weight is 663 g/mol. The normalized spacial score (nSPS) is 20.3. The zero-order chi connectivity index (χ0) is 33.3. The Morgan fingerprint density at radius 2 is 1.23 bits per heavy atom. The maximum Gasteiger partial charge on any atom is 0.346 e. The van der Waals surface area contributed by atoms with E-state index in [1.165, 1.54) is 10.9 Å². The third-order valence-electron chi connectivity index (χ3n) is 8.05. The minimum Gasteiger partial charge on any atom is -0.450 e. The second-order valence-corrected chi connectivity index (χ2v) is 11.6. The lowest BCUT2D eigenvalue weighted by Gasteiger charge is -2.17. The van der Waals surface area contributed by atoms with Crippen LogP contribution in [0.3, 0.4) is 0 Å². The van der Waals surface area contributed by atoms with Crippen molar-refractivity contribution < 1.29 is 57.6 Å². The molecule has 2 aliphatic heterocycles. The molecule has 0 bridgehead atoms. The Hall–Kier alpha value is -3.98. The lowest BCUT2D eigenvalue weighted by atomic mass is 10.0. The summed E-state index contributed by atoms with van der Waals surface area (Å²) in [6, 6.07) is 23.6. The summed E-state index contributed by atoms with van der Waals surface area (Å²) in [6.45, 7) is 4.17. The van der Waals surface area contributed by atoms with Crippen LogP contribution in [0.2, 0.25) is 0 Å². The minimum atomic E-state index is -0.738. The van der Waals surface area contributed by atoms with Gasteiger partial charge in [-0.25, -0.2) is 29.1 Å². The molecule has 0 radical (unpaired) electrons. The molecule has 0 amide bonds. The van der Waals surface area contributed by atoms with Crippen molar-refractivity contribution >= 4 is 33.5 Å². The molecular formula is C36H38O12. The maximum atomic E-state index is 12.4. The van der Waals surface area contributed by atoms with Crippen LogP contribution in [0.15, 0.2) is 72.8 Å². The lowest BCUT2D eigenvalue weighted by molar-refractivity contribution is -0.369. The van der Waals surface area contributed by atoms with Crippen LogP contribution >= 0.6 is 0 Å². The Kier molecular flexibility index (Phi) is 11.6. The molecule has 12 nitrogen and oxygen atoms in total. The highest BCUT2D eigenvalue weighted by atomic mass is 17.2. The number of esters is 2. The molecule has 48 heavy (non-hydrogen) atoms. The van der Waals surface area contributed by atoms with Gasteiger partial charge in [0, 0.05) is 0 Å². The zero-order valence-corrected chi connectivity index (χ0v) is 26.8. The Labute approximate surface area is 277 Å². The van der Waals surface area contributed by atoms with E-state index in [1.54, 1.807) is 12.1 Å². The molecule has 2 saturated heterocycles. The predicted octanol–water partition coefficient (Wildman–Crippen LogP) is 4.89. The number of ether oxygens (including phenoxy) is 6. The zero-order valence-electron chi connectivity index (χ0n) is 26.8. The van der Waals surface area contributed by atoms with Gasteiger partial charge in [0.2, 0.25) is 0 Å². The molecule has 2 fully saturated rings. The van der Waals surface area contributed by atoms with Crippen LogP contribution in [-0.4, -0.2) is 83.0 Å². The standard InChI is InChI=1S/C36H38O12/c1-23-3-6-28-15-25(5-8-26(28)13-23)17-47-45-11-12-46-48-22-43-32-19-40-34-31(18-39-35(32)34)42-21-44-33(37)20-41-36(38)30-10-9-27-14-24(2)4-7-29(27)16-30/h3-10,13-16,31-32,34-35H,11-12,17-22H2,1-2H3/t31-,32-,34-,35-/m1/s1. The van der Waals surface area contributed by atoms with E-state index >= 15 is 0 Å². The van der Waals surface area contributed by atoms with Crippen LogP contribution in [0.5, 0.6) is 0 Å². The Morgan fingerprint density at radius 1 is 0.646 bits per heavy atom. The van der Waals surface area contributed by atoms with Crippen molar-refractivity contribution in [3.8, 4) is 0 Å². The number of rotatable bonds is 16. The van der Waals surface area contributed by atoms with Crippen molar-refractivity contribution in [2.75, 3.05) is 46.6 Å². The first-order chi connectivity index (χ1) is 23.4. The minimum absolute atomic E-state index is 0.140. The van der Waals surface area contributed by atoms with E-state index in [1.807, 2.05) is 37.3 Å². The smallest absolute Gasteiger partial charge is 0.346 e. The molecule has 2 aliphatic rings. The molecule has 4 atom stereocenters. The number of aryl methyl sites for hydroxylation is 2. The van der Waals surface area contributed by atoms with Gasteiger partial charge in [-0.3, -0.25) is 0 Å². The van der Waals surface area contributed by atoms with Crippen molar-refractivity contribution in [2.24, 2.45) is 0 Å². The fourth-order valence-corrected chi connectivity index (χ4v) is 5.59. The van der Waals surface area contributed by atoms with Gasteiger partial charge >= 0.3 is 11.9 Å². The quantitative estimate of drug-likeness (QED) is 0.0533. The molecule has 0 aliphatic carbocycles. The first kappa shape index (κ1) is 33.9. The highest BCUT2D eigenvalue weighted by Gasteiger charge is 2.49. The van der Waals surface area contributed by atoms with Gasteiger partial charge in [0.1, 0.15) is 44.2 Å². The molecular weight excluding hydrogens is 624 g/mol. The van der Waals surface area contributed by atoms with Gasteiger partial charge in [0.05, 0.1) is 18.8 Å². The summed E-state index contributed by atoms with van der Waals surface area (Å²) >= 11 is 0. The third kappa shape index (κ3) is 8.92. The van der Waals surface area contributed by atoms with Gasteiger partial charge in [-0.1, -0.05) is 65.7 Å².